The SMILES string of the molecule is CCn1cc(-c2ccccc2C2CN(C(=O)OC(C)(C)C)Cc3sc(-c4cn(CC)nc4C(F)(F)F)c(F)c32)c(C(F)(F)F)n1. The summed E-state index contributed by atoms with van der Waals surface area (Å²) < 4.78 is 109. The first-order valence-electron chi connectivity index (χ1n) is 14.1. The molecule has 4 heterocycles. The van der Waals surface area contributed by atoms with Crippen molar-refractivity contribution < 1.29 is 40.3 Å². The Labute approximate surface area is 258 Å². The third-order valence-corrected chi connectivity index (χ3v) is 8.48. The number of halogens is 7. The predicted octanol–water partition coefficient (Wildman–Crippen LogP) is 8.57. The Morgan fingerprint density at radius 3 is 2.02 bits per heavy atom. The zero-order valence-corrected chi connectivity index (χ0v) is 25.8. The Kier molecular flexibility index (Phi) is 8.30. The van der Waals surface area contributed by atoms with E-state index in [2.05, 4.69) is 10.2 Å². The number of aromatic nitrogens is 4. The number of amides is 1. The maximum Gasteiger partial charge on any atom is 0.435 e. The number of carbonyl (C=O) groups is 1. The number of rotatable bonds is 5. The van der Waals surface area contributed by atoms with Crippen molar-refractivity contribution in [2.45, 2.75) is 78.1 Å². The van der Waals surface area contributed by atoms with E-state index in [0.717, 1.165) is 26.9 Å². The van der Waals surface area contributed by atoms with Gasteiger partial charge >= 0.3 is 18.4 Å². The molecule has 4 aromatic rings. The smallest absolute Gasteiger partial charge is 0.435 e. The maximum atomic E-state index is 16.6. The van der Waals surface area contributed by atoms with E-state index in [1.165, 1.54) is 29.3 Å². The van der Waals surface area contributed by atoms with Gasteiger partial charge in [0.2, 0.25) is 0 Å². The van der Waals surface area contributed by atoms with Crippen LogP contribution in [0.2, 0.25) is 0 Å². The number of aryl methyl sites for hydroxylation is 2. The second-order valence-corrected chi connectivity index (χ2v) is 12.7. The van der Waals surface area contributed by atoms with Crippen LogP contribution < -0.4 is 0 Å². The third-order valence-electron chi connectivity index (χ3n) is 7.28. The number of thiophene rings is 1. The molecule has 0 radical (unpaired) electrons. The quantitative estimate of drug-likeness (QED) is 0.202. The Morgan fingerprint density at radius 2 is 1.47 bits per heavy atom. The topological polar surface area (TPSA) is 65.2 Å². The lowest BCUT2D eigenvalue weighted by atomic mass is 9.83. The van der Waals surface area contributed by atoms with Crippen LogP contribution in [0.5, 0.6) is 0 Å². The molecule has 1 aromatic carbocycles. The van der Waals surface area contributed by atoms with Crippen molar-refractivity contribution in [2.75, 3.05) is 6.54 Å². The summed E-state index contributed by atoms with van der Waals surface area (Å²) in [5, 5.41) is 7.33. The van der Waals surface area contributed by atoms with E-state index in [0.29, 0.717) is 0 Å². The monoisotopic (exact) mass is 657 g/mol. The van der Waals surface area contributed by atoms with Crippen molar-refractivity contribution in [2.24, 2.45) is 0 Å². The van der Waals surface area contributed by atoms with E-state index >= 15 is 4.39 Å². The molecule has 0 fully saturated rings. The minimum absolute atomic E-state index is 0.0103. The van der Waals surface area contributed by atoms with Gasteiger partial charge in [-0.25, -0.2) is 9.18 Å². The van der Waals surface area contributed by atoms with Gasteiger partial charge in [-0.15, -0.1) is 11.3 Å². The van der Waals surface area contributed by atoms with Gasteiger partial charge < -0.3 is 9.64 Å². The molecule has 0 bridgehead atoms. The first-order chi connectivity index (χ1) is 20.9. The highest BCUT2D eigenvalue weighted by molar-refractivity contribution is 7.15. The zero-order valence-electron chi connectivity index (χ0n) is 25.0. The Balaban J connectivity index is 1.73. The fourth-order valence-corrected chi connectivity index (χ4v) is 6.64. The van der Waals surface area contributed by atoms with E-state index in [4.69, 9.17) is 4.74 Å². The number of hydrogen-bond acceptors (Lipinski definition) is 5. The van der Waals surface area contributed by atoms with E-state index in [-0.39, 0.29) is 58.2 Å². The Hall–Kier alpha value is -3.88. The van der Waals surface area contributed by atoms with Crippen LogP contribution in [0, 0.1) is 5.82 Å². The molecule has 0 spiro atoms. The van der Waals surface area contributed by atoms with Crippen molar-refractivity contribution in [1.82, 2.24) is 24.5 Å². The number of fused-ring (bicyclic) bond motifs is 1. The molecule has 1 atom stereocenters. The Morgan fingerprint density at radius 1 is 0.911 bits per heavy atom. The predicted molar refractivity (Wildman–Crippen MR) is 153 cm³/mol. The number of benzene rings is 1. The van der Waals surface area contributed by atoms with Crippen molar-refractivity contribution >= 4 is 17.4 Å². The molecule has 3 aromatic heterocycles. The fourth-order valence-electron chi connectivity index (χ4n) is 5.37. The second kappa shape index (κ2) is 11.5. The van der Waals surface area contributed by atoms with Crippen LogP contribution in [0.3, 0.4) is 0 Å². The molecule has 242 valence electrons. The number of carbonyl (C=O) groups excluding carboxylic acids is 1. The second-order valence-electron chi connectivity index (χ2n) is 11.6. The summed E-state index contributed by atoms with van der Waals surface area (Å²) in [5.41, 5.74) is -3.63. The molecule has 0 N–H and O–H groups in total. The lowest BCUT2D eigenvalue weighted by Gasteiger charge is -2.35. The van der Waals surface area contributed by atoms with Crippen LogP contribution in [0.15, 0.2) is 36.7 Å². The summed E-state index contributed by atoms with van der Waals surface area (Å²) in [4.78, 5) is 14.5. The standard InChI is InChI=1S/C30H30F7N5O2S/c1-6-41-13-19(25(38-41)29(32,33)34)17-11-9-8-10-16(17)18-12-40(27(43)44-28(3,4)5)15-21-22(18)23(31)24(45-21)20-14-42(7-2)39-26(20)30(35,36)37/h8-11,13-14,18H,6-7,12,15H2,1-5H3. The summed E-state index contributed by atoms with van der Waals surface area (Å²) in [7, 11) is 0. The summed E-state index contributed by atoms with van der Waals surface area (Å²) in [5.74, 6) is -2.00. The number of ether oxygens (including phenoxy) is 1. The van der Waals surface area contributed by atoms with Gasteiger partial charge in [0, 0.05) is 59.5 Å². The summed E-state index contributed by atoms with van der Waals surface area (Å²) >= 11 is 0.749. The normalized spacial score (nSPS) is 15.8. The lowest BCUT2D eigenvalue weighted by Crippen LogP contribution is -2.41. The van der Waals surface area contributed by atoms with Crippen LogP contribution in [0.4, 0.5) is 35.5 Å². The summed E-state index contributed by atoms with van der Waals surface area (Å²) in [6.45, 7) is 8.08. The van der Waals surface area contributed by atoms with Gasteiger partial charge in [-0.2, -0.15) is 36.5 Å². The molecule has 0 aliphatic carbocycles. The molecule has 1 aliphatic heterocycles. The van der Waals surface area contributed by atoms with E-state index in [1.807, 2.05) is 0 Å². The Bertz CT molecular complexity index is 1730. The fraction of sp³-hybridized carbons (Fsp3) is 0.433. The molecule has 0 saturated heterocycles. The molecule has 1 aliphatic rings. The summed E-state index contributed by atoms with van der Waals surface area (Å²) in [6, 6.07) is 6.08. The van der Waals surface area contributed by atoms with Crippen molar-refractivity contribution in [3.8, 4) is 21.6 Å². The van der Waals surface area contributed by atoms with Gasteiger partial charge in [-0.1, -0.05) is 24.3 Å². The highest BCUT2D eigenvalue weighted by atomic mass is 32.1. The molecule has 0 saturated carbocycles. The molecular formula is C30H30F7N5O2S. The van der Waals surface area contributed by atoms with Gasteiger partial charge in [-0.05, 0) is 45.7 Å². The van der Waals surface area contributed by atoms with E-state index in [9.17, 15) is 31.1 Å². The number of hydrogen-bond donors (Lipinski definition) is 0. The van der Waals surface area contributed by atoms with Crippen LogP contribution in [-0.4, -0.2) is 42.7 Å². The average molecular weight is 658 g/mol. The molecule has 15 heteroatoms. The van der Waals surface area contributed by atoms with Crippen molar-refractivity contribution in [3.63, 3.8) is 0 Å². The minimum atomic E-state index is -4.88. The van der Waals surface area contributed by atoms with E-state index < -0.39 is 52.7 Å². The maximum absolute atomic E-state index is 16.6. The largest absolute Gasteiger partial charge is 0.444 e. The minimum Gasteiger partial charge on any atom is -0.444 e. The molecular weight excluding hydrogens is 627 g/mol. The zero-order chi connectivity index (χ0) is 33.1. The highest BCUT2D eigenvalue weighted by Crippen LogP contribution is 2.49. The van der Waals surface area contributed by atoms with Gasteiger partial charge in [0.25, 0.3) is 0 Å². The van der Waals surface area contributed by atoms with Crippen LogP contribution >= 0.6 is 11.3 Å². The van der Waals surface area contributed by atoms with Gasteiger partial charge in [0.05, 0.1) is 11.4 Å². The first kappa shape index (κ1) is 32.5. The van der Waals surface area contributed by atoms with Gasteiger partial charge in [0.1, 0.15) is 11.4 Å². The van der Waals surface area contributed by atoms with Crippen LogP contribution in [-0.2, 0) is 36.7 Å². The number of nitrogens with zero attached hydrogens (tertiary/aromatic N) is 5. The summed E-state index contributed by atoms with van der Waals surface area (Å²) in [6.07, 6.45) is -8.07. The highest BCUT2D eigenvalue weighted by Gasteiger charge is 2.43. The number of alkyl halides is 6. The molecule has 1 amide bonds. The third kappa shape index (κ3) is 6.31. The van der Waals surface area contributed by atoms with Crippen molar-refractivity contribution in [3.05, 3.63) is 69.9 Å². The lowest BCUT2D eigenvalue weighted by molar-refractivity contribution is -0.141. The van der Waals surface area contributed by atoms with Crippen molar-refractivity contribution in [1.29, 1.82) is 0 Å². The molecule has 5 rings (SSSR count). The van der Waals surface area contributed by atoms with Gasteiger partial charge in [-0.3, -0.25) is 9.36 Å². The molecule has 1 unspecified atom stereocenters. The first-order valence-corrected chi connectivity index (χ1v) is 14.9. The molecule has 45 heavy (non-hydrogen) atoms. The molecule has 7 nitrogen and oxygen atoms in total. The van der Waals surface area contributed by atoms with Gasteiger partial charge in [0.15, 0.2) is 11.4 Å². The average Bonchev–Trinajstić information content (AvgIpc) is 3.66. The van der Waals surface area contributed by atoms with E-state index in [1.54, 1.807) is 40.7 Å². The van der Waals surface area contributed by atoms with Crippen LogP contribution in [0.25, 0.3) is 21.6 Å². The van der Waals surface area contributed by atoms with Crippen LogP contribution in [0.1, 0.15) is 67.9 Å².